The van der Waals surface area contributed by atoms with Crippen molar-refractivity contribution in [3.05, 3.63) is 71.8 Å². The van der Waals surface area contributed by atoms with Crippen LogP contribution in [0.15, 0.2) is 66.3 Å². The van der Waals surface area contributed by atoms with E-state index in [1.165, 1.54) is 11.8 Å². The predicted octanol–water partition coefficient (Wildman–Crippen LogP) is 4.00. The van der Waals surface area contributed by atoms with Gasteiger partial charge in [-0.25, -0.2) is 0 Å². The van der Waals surface area contributed by atoms with Crippen LogP contribution in [-0.4, -0.2) is 31.8 Å². The molecular formula is C21H20ClN5O2S. The summed E-state index contributed by atoms with van der Waals surface area (Å²) in [6, 6.07) is 13.7. The number of anilines is 1. The molecule has 9 heteroatoms. The summed E-state index contributed by atoms with van der Waals surface area (Å²) in [5.41, 5.74) is 7.05. The van der Waals surface area contributed by atoms with Crippen molar-refractivity contribution in [2.75, 3.05) is 5.32 Å². The molecule has 3 aromatic rings. The van der Waals surface area contributed by atoms with Crippen LogP contribution in [0, 0.1) is 0 Å². The number of rotatable bonds is 8. The third kappa shape index (κ3) is 5.08. The summed E-state index contributed by atoms with van der Waals surface area (Å²) in [5.74, 6) is -0.0495. The van der Waals surface area contributed by atoms with E-state index < -0.39 is 11.2 Å². The topological polar surface area (TPSA) is 103 Å². The highest BCUT2D eigenvalue weighted by Crippen LogP contribution is 2.28. The summed E-state index contributed by atoms with van der Waals surface area (Å²) in [4.78, 5) is 23.8. The first-order valence-corrected chi connectivity index (χ1v) is 10.3. The molecule has 0 aliphatic rings. The number of allylic oxidation sites excluding steroid dienone is 1. The molecule has 0 aliphatic heterocycles. The Balaban J connectivity index is 1.74. The molecule has 0 fully saturated rings. The Morgan fingerprint density at radius 3 is 2.47 bits per heavy atom. The number of thioether (sulfide) groups is 1. The van der Waals surface area contributed by atoms with Crippen molar-refractivity contribution in [2.24, 2.45) is 5.73 Å². The number of amides is 2. The highest BCUT2D eigenvalue weighted by molar-refractivity contribution is 8.00. The molecule has 154 valence electrons. The number of nitrogens with zero attached hydrogens (tertiary/aromatic N) is 3. The Morgan fingerprint density at radius 1 is 1.20 bits per heavy atom. The second-order valence-electron chi connectivity index (χ2n) is 6.40. The zero-order valence-corrected chi connectivity index (χ0v) is 17.8. The highest BCUT2D eigenvalue weighted by Gasteiger charge is 2.20. The number of nitrogens with two attached hydrogens (primary N) is 1. The van der Waals surface area contributed by atoms with Gasteiger partial charge in [-0.2, -0.15) is 0 Å². The first kappa shape index (κ1) is 21.6. The quantitative estimate of drug-likeness (QED) is 0.406. The summed E-state index contributed by atoms with van der Waals surface area (Å²) in [7, 11) is 0. The van der Waals surface area contributed by atoms with Gasteiger partial charge in [0.2, 0.25) is 11.8 Å². The maximum absolute atomic E-state index is 12.6. The molecule has 0 saturated heterocycles. The zero-order chi connectivity index (χ0) is 21.7. The monoisotopic (exact) mass is 441 g/mol. The Labute approximate surface area is 183 Å². The van der Waals surface area contributed by atoms with E-state index in [1.807, 2.05) is 16.7 Å². The van der Waals surface area contributed by atoms with Crippen molar-refractivity contribution in [1.29, 1.82) is 0 Å². The Kier molecular flexibility index (Phi) is 6.91. The van der Waals surface area contributed by atoms with Gasteiger partial charge in [-0.15, -0.1) is 16.8 Å². The minimum atomic E-state index is -0.519. The van der Waals surface area contributed by atoms with Gasteiger partial charge >= 0.3 is 0 Å². The second-order valence-corrected chi connectivity index (χ2v) is 8.15. The van der Waals surface area contributed by atoms with Crippen LogP contribution >= 0.6 is 23.4 Å². The summed E-state index contributed by atoms with van der Waals surface area (Å²) >= 11 is 7.26. The van der Waals surface area contributed by atoms with Crippen LogP contribution in [0.2, 0.25) is 5.02 Å². The van der Waals surface area contributed by atoms with Gasteiger partial charge in [-0.3, -0.25) is 14.2 Å². The van der Waals surface area contributed by atoms with Crippen molar-refractivity contribution in [1.82, 2.24) is 14.8 Å². The number of halogens is 1. The standard InChI is InChI=1S/C21H20ClN5O2S/c1-3-12-27-19(15-4-8-16(22)9-5-15)25-26-21(27)30-13(2)20(29)24-17-10-6-14(7-11-17)18(23)28/h3-11,13H,1,12H2,2H3,(H2,23,28)(H,24,29)/t13-/m0/s1. The fourth-order valence-corrected chi connectivity index (χ4v) is 3.64. The third-order valence-electron chi connectivity index (χ3n) is 4.22. The van der Waals surface area contributed by atoms with Crippen LogP contribution in [0.3, 0.4) is 0 Å². The fourth-order valence-electron chi connectivity index (χ4n) is 2.66. The van der Waals surface area contributed by atoms with E-state index in [0.717, 1.165) is 5.56 Å². The molecule has 0 saturated carbocycles. The zero-order valence-electron chi connectivity index (χ0n) is 16.2. The third-order valence-corrected chi connectivity index (χ3v) is 5.55. The number of aromatic nitrogens is 3. The normalized spacial score (nSPS) is 11.7. The van der Waals surface area contributed by atoms with Gasteiger partial charge < -0.3 is 11.1 Å². The molecule has 1 heterocycles. The van der Waals surface area contributed by atoms with E-state index in [2.05, 4.69) is 22.1 Å². The number of nitrogens with one attached hydrogen (secondary N) is 1. The molecule has 30 heavy (non-hydrogen) atoms. The molecule has 0 spiro atoms. The molecule has 0 bridgehead atoms. The van der Waals surface area contributed by atoms with Crippen molar-refractivity contribution >= 4 is 40.9 Å². The van der Waals surface area contributed by atoms with Gasteiger partial charge in [0, 0.05) is 28.4 Å². The molecule has 3 rings (SSSR count). The first-order valence-electron chi connectivity index (χ1n) is 9.06. The van der Waals surface area contributed by atoms with E-state index in [9.17, 15) is 9.59 Å². The van der Waals surface area contributed by atoms with Gasteiger partial charge in [0.15, 0.2) is 11.0 Å². The molecule has 1 aromatic heterocycles. The van der Waals surface area contributed by atoms with Crippen LogP contribution in [0.4, 0.5) is 5.69 Å². The van der Waals surface area contributed by atoms with Crippen LogP contribution < -0.4 is 11.1 Å². The SMILES string of the molecule is C=CCn1c(S[C@@H](C)C(=O)Nc2ccc(C(N)=O)cc2)nnc1-c1ccc(Cl)cc1. The number of carbonyl (C=O) groups is 2. The molecule has 7 nitrogen and oxygen atoms in total. The average molecular weight is 442 g/mol. The number of benzene rings is 2. The van der Waals surface area contributed by atoms with Crippen LogP contribution in [0.25, 0.3) is 11.4 Å². The van der Waals surface area contributed by atoms with Crippen LogP contribution in [0.1, 0.15) is 17.3 Å². The smallest absolute Gasteiger partial charge is 0.248 e. The summed E-state index contributed by atoms with van der Waals surface area (Å²) in [6.45, 7) is 6.08. The van der Waals surface area contributed by atoms with E-state index in [4.69, 9.17) is 17.3 Å². The van der Waals surface area contributed by atoms with E-state index in [1.54, 1.807) is 49.4 Å². The first-order chi connectivity index (χ1) is 14.4. The molecule has 0 radical (unpaired) electrons. The molecule has 2 aromatic carbocycles. The van der Waals surface area contributed by atoms with Gasteiger partial charge in [0.1, 0.15) is 0 Å². The largest absolute Gasteiger partial charge is 0.366 e. The summed E-state index contributed by atoms with van der Waals surface area (Å²) < 4.78 is 1.90. The van der Waals surface area contributed by atoms with E-state index in [0.29, 0.717) is 33.8 Å². The molecule has 0 aliphatic carbocycles. The van der Waals surface area contributed by atoms with Crippen molar-refractivity contribution in [3.8, 4) is 11.4 Å². The lowest BCUT2D eigenvalue weighted by Crippen LogP contribution is -2.23. The Morgan fingerprint density at radius 2 is 1.87 bits per heavy atom. The molecular weight excluding hydrogens is 422 g/mol. The van der Waals surface area contributed by atoms with E-state index in [-0.39, 0.29) is 5.91 Å². The molecule has 0 unspecified atom stereocenters. The minimum absolute atomic E-state index is 0.201. The summed E-state index contributed by atoms with van der Waals surface area (Å²) in [5, 5.41) is 12.2. The maximum Gasteiger partial charge on any atom is 0.248 e. The van der Waals surface area contributed by atoms with Gasteiger partial charge in [-0.05, 0) is 55.5 Å². The fraction of sp³-hybridized carbons (Fsp3) is 0.143. The van der Waals surface area contributed by atoms with Gasteiger partial charge in [0.05, 0.1) is 5.25 Å². The van der Waals surface area contributed by atoms with Gasteiger partial charge in [-0.1, -0.05) is 29.4 Å². The van der Waals surface area contributed by atoms with Gasteiger partial charge in [0.25, 0.3) is 0 Å². The van der Waals surface area contributed by atoms with Crippen molar-refractivity contribution in [2.45, 2.75) is 23.9 Å². The number of hydrogen-bond acceptors (Lipinski definition) is 5. The summed E-state index contributed by atoms with van der Waals surface area (Å²) in [6.07, 6.45) is 1.75. The predicted molar refractivity (Wildman–Crippen MR) is 120 cm³/mol. The second kappa shape index (κ2) is 9.60. The minimum Gasteiger partial charge on any atom is -0.366 e. The lowest BCUT2D eigenvalue weighted by molar-refractivity contribution is -0.115. The molecule has 2 amide bonds. The average Bonchev–Trinajstić information content (AvgIpc) is 3.11. The Hall–Kier alpha value is -3.10. The van der Waals surface area contributed by atoms with Crippen molar-refractivity contribution in [3.63, 3.8) is 0 Å². The van der Waals surface area contributed by atoms with E-state index >= 15 is 0 Å². The number of carbonyl (C=O) groups excluding carboxylic acids is 2. The lowest BCUT2D eigenvalue weighted by atomic mass is 10.2. The van der Waals surface area contributed by atoms with Crippen LogP contribution in [-0.2, 0) is 11.3 Å². The van der Waals surface area contributed by atoms with Crippen LogP contribution in [0.5, 0.6) is 0 Å². The van der Waals surface area contributed by atoms with Crippen molar-refractivity contribution < 1.29 is 9.59 Å². The molecule has 1 atom stereocenters. The highest BCUT2D eigenvalue weighted by atomic mass is 35.5. The number of primary amides is 1. The lowest BCUT2D eigenvalue weighted by Gasteiger charge is -2.13. The Bertz CT molecular complexity index is 1060. The molecule has 3 N–H and O–H groups in total. The number of hydrogen-bond donors (Lipinski definition) is 2. The maximum atomic E-state index is 12.6.